The summed E-state index contributed by atoms with van der Waals surface area (Å²) in [6.07, 6.45) is 3.33. The monoisotopic (exact) mass is 315 g/mol. The van der Waals surface area contributed by atoms with E-state index in [2.05, 4.69) is 58.3 Å². The standard InChI is InChI=1S/C20H17N3O/c1-14(15-5-3-2-4-6-15)16-7-9-17(10-8-16)24-20-18-11-12-21-19(18)22-13-23-20/h2-14H,1H3,(H,21,22,23). The van der Waals surface area contributed by atoms with Gasteiger partial charge in [0.1, 0.15) is 17.7 Å². The van der Waals surface area contributed by atoms with Gasteiger partial charge in [-0.1, -0.05) is 49.4 Å². The highest BCUT2D eigenvalue weighted by atomic mass is 16.5. The first kappa shape index (κ1) is 14.5. The number of hydrogen-bond donors (Lipinski definition) is 1. The molecule has 2 aromatic heterocycles. The maximum atomic E-state index is 5.92. The minimum atomic E-state index is 0.343. The highest BCUT2D eigenvalue weighted by Gasteiger charge is 2.10. The van der Waals surface area contributed by atoms with E-state index in [9.17, 15) is 0 Å². The second kappa shape index (κ2) is 6.16. The van der Waals surface area contributed by atoms with Gasteiger partial charge in [-0.25, -0.2) is 9.97 Å². The summed E-state index contributed by atoms with van der Waals surface area (Å²) in [5.74, 6) is 1.67. The number of aromatic nitrogens is 3. The van der Waals surface area contributed by atoms with E-state index in [-0.39, 0.29) is 0 Å². The van der Waals surface area contributed by atoms with Crippen molar-refractivity contribution in [3.8, 4) is 11.6 Å². The molecule has 4 nitrogen and oxygen atoms in total. The average molecular weight is 315 g/mol. The summed E-state index contributed by atoms with van der Waals surface area (Å²) in [4.78, 5) is 11.5. The summed E-state index contributed by atoms with van der Waals surface area (Å²) >= 11 is 0. The first-order chi connectivity index (χ1) is 11.8. The van der Waals surface area contributed by atoms with Crippen molar-refractivity contribution in [1.29, 1.82) is 0 Å². The smallest absolute Gasteiger partial charge is 0.231 e. The summed E-state index contributed by atoms with van der Waals surface area (Å²) in [6, 6.07) is 20.6. The van der Waals surface area contributed by atoms with Gasteiger partial charge in [0.25, 0.3) is 0 Å². The van der Waals surface area contributed by atoms with Gasteiger partial charge < -0.3 is 9.72 Å². The number of ether oxygens (including phenoxy) is 1. The Labute approximate surface area is 140 Å². The topological polar surface area (TPSA) is 50.8 Å². The normalized spacial score (nSPS) is 12.2. The molecule has 0 fully saturated rings. The van der Waals surface area contributed by atoms with Gasteiger partial charge in [0.05, 0.1) is 5.39 Å². The molecule has 2 aromatic carbocycles. The van der Waals surface area contributed by atoms with Crippen molar-refractivity contribution in [2.24, 2.45) is 0 Å². The number of nitrogens with one attached hydrogen (secondary N) is 1. The quantitative estimate of drug-likeness (QED) is 0.582. The Balaban J connectivity index is 1.57. The number of aromatic amines is 1. The van der Waals surface area contributed by atoms with Crippen LogP contribution in [-0.2, 0) is 0 Å². The molecule has 0 aliphatic rings. The Morgan fingerprint density at radius 3 is 2.42 bits per heavy atom. The summed E-state index contributed by atoms with van der Waals surface area (Å²) in [5.41, 5.74) is 3.33. The Morgan fingerprint density at radius 2 is 1.62 bits per heavy atom. The molecule has 4 rings (SSSR count). The minimum Gasteiger partial charge on any atom is -0.438 e. The van der Waals surface area contributed by atoms with Crippen LogP contribution in [0.2, 0.25) is 0 Å². The lowest BCUT2D eigenvalue weighted by Gasteiger charge is -2.13. The van der Waals surface area contributed by atoms with Crippen molar-refractivity contribution in [2.75, 3.05) is 0 Å². The molecule has 1 N–H and O–H groups in total. The molecule has 0 spiro atoms. The molecule has 0 amide bonds. The molecular formula is C20H17N3O. The van der Waals surface area contributed by atoms with Crippen LogP contribution in [0.5, 0.6) is 11.6 Å². The van der Waals surface area contributed by atoms with Crippen LogP contribution in [0.1, 0.15) is 24.0 Å². The molecule has 0 bridgehead atoms. The second-order valence-electron chi connectivity index (χ2n) is 5.72. The minimum absolute atomic E-state index is 0.343. The predicted molar refractivity (Wildman–Crippen MR) is 94.4 cm³/mol. The molecule has 4 aromatic rings. The zero-order valence-electron chi connectivity index (χ0n) is 13.3. The van der Waals surface area contributed by atoms with E-state index < -0.39 is 0 Å². The molecule has 0 radical (unpaired) electrons. The third kappa shape index (κ3) is 2.74. The number of rotatable bonds is 4. The summed E-state index contributed by atoms with van der Waals surface area (Å²) in [6.45, 7) is 2.21. The summed E-state index contributed by atoms with van der Waals surface area (Å²) in [7, 11) is 0. The van der Waals surface area contributed by atoms with Crippen LogP contribution in [-0.4, -0.2) is 15.0 Å². The van der Waals surface area contributed by atoms with E-state index >= 15 is 0 Å². The number of benzene rings is 2. The van der Waals surface area contributed by atoms with Crippen LogP contribution in [0.4, 0.5) is 0 Å². The van der Waals surface area contributed by atoms with Crippen LogP contribution in [0.25, 0.3) is 11.0 Å². The number of hydrogen-bond acceptors (Lipinski definition) is 3. The van der Waals surface area contributed by atoms with Crippen molar-refractivity contribution in [1.82, 2.24) is 15.0 Å². The lowest BCUT2D eigenvalue weighted by molar-refractivity contribution is 0.468. The lowest BCUT2D eigenvalue weighted by Crippen LogP contribution is -1.96. The van der Waals surface area contributed by atoms with Gasteiger partial charge in [-0.2, -0.15) is 0 Å². The predicted octanol–water partition coefficient (Wildman–Crippen LogP) is 4.90. The maximum Gasteiger partial charge on any atom is 0.231 e. The van der Waals surface area contributed by atoms with Gasteiger partial charge in [-0.15, -0.1) is 0 Å². The highest BCUT2D eigenvalue weighted by molar-refractivity contribution is 5.80. The van der Waals surface area contributed by atoms with Crippen LogP contribution in [0.15, 0.2) is 73.2 Å². The second-order valence-corrected chi connectivity index (χ2v) is 5.72. The van der Waals surface area contributed by atoms with E-state index in [4.69, 9.17) is 4.74 Å². The van der Waals surface area contributed by atoms with E-state index in [0.29, 0.717) is 11.8 Å². The molecule has 4 heteroatoms. The van der Waals surface area contributed by atoms with E-state index in [1.165, 1.54) is 17.5 Å². The van der Waals surface area contributed by atoms with Gasteiger partial charge in [0.15, 0.2) is 0 Å². The van der Waals surface area contributed by atoms with E-state index in [0.717, 1.165) is 16.8 Å². The van der Waals surface area contributed by atoms with Crippen molar-refractivity contribution in [2.45, 2.75) is 12.8 Å². The van der Waals surface area contributed by atoms with Crippen molar-refractivity contribution < 1.29 is 4.74 Å². The Bertz CT molecular complexity index is 945. The van der Waals surface area contributed by atoms with Gasteiger partial charge >= 0.3 is 0 Å². The first-order valence-corrected chi connectivity index (χ1v) is 7.92. The molecule has 0 aliphatic carbocycles. The molecule has 118 valence electrons. The van der Waals surface area contributed by atoms with Gasteiger partial charge in [0, 0.05) is 12.1 Å². The van der Waals surface area contributed by atoms with Crippen LogP contribution >= 0.6 is 0 Å². The SMILES string of the molecule is CC(c1ccccc1)c1ccc(Oc2ncnc3[nH]ccc23)cc1. The fourth-order valence-corrected chi connectivity index (χ4v) is 2.80. The van der Waals surface area contributed by atoms with Gasteiger partial charge in [-0.3, -0.25) is 0 Å². The largest absolute Gasteiger partial charge is 0.438 e. The molecule has 1 atom stereocenters. The number of nitrogens with zero attached hydrogens (tertiary/aromatic N) is 2. The first-order valence-electron chi connectivity index (χ1n) is 7.92. The third-order valence-electron chi connectivity index (χ3n) is 4.21. The van der Waals surface area contributed by atoms with E-state index in [1.54, 1.807) is 0 Å². The fourth-order valence-electron chi connectivity index (χ4n) is 2.80. The fraction of sp³-hybridized carbons (Fsp3) is 0.100. The Kier molecular flexibility index (Phi) is 3.71. The van der Waals surface area contributed by atoms with E-state index in [1.807, 2.05) is 30.5 Å². The molecule has 1 unspecified atom stereocenters. The van der Waals surface area contributed by atoms with Crippen LogP contribution < -0.4 is 4.74 Å². The van der Waals surface area contributed by atoms with Crippen molar-refractivity contribution in [3.63, 3.8) is 0 Å². The molecule has 0 saturated carbocycles. The maximum absolute atomic E-state index is 5.92. The zero-order valence-corrected chi connectivity index (χ0v) is 13.3. The van der Waals surface area contributed by atoms with Crippen LogP contribution in [0.3, 0.4) is 0 Å². The molecule has 0 aliphatic heterocycles. The third-order valence-corrected chi connectivity index (χ3v) is 4.21. The van der Waals surface area contributed by atoms with Gasteiger partial charge in [-0.05, 0) is 29.3 Å². The Morgan fingerprint density at radius 1 is 0.875 bits per heavy atom. The van der Waals surface area contributed by atoms with Crippen molar-refractivity contribution >= 4 is 11.0 Å². The molecule has 24 heavy (non-hydrogen) atoms. The number of fused-ring (bicyclic) bond motifs is 1. The molecule has 0 saturated heterocycles. The average Bonchev–Trinajstić information content (AvgIpc) is 3.12. The van der Waals surface area contributed by atoms with Crippen LogP contribution in [0, 0.1) is 0 Å². The Hall–Kier alpha value is -3.14. The van der Waals surface area contributed by atoms with Crippen molar-refractivity contribution in [3.05, 3.63) is 84.3 Å². The highest BCUT2D eigenvalue weighted by Crippen LogP contribution is 2.29. The summed E-state index contributed by atoms with van der Waals surface area (Å²) in [5, 5.41) is 0.874. The molecular weight excluding hydrogens is 298 g/mol. The van der Waals surface area contributed by atoms with Gasteiger partial charge in [0.2, 0.25) is 5.88 Å². The molecule has 2 heterocycles. The summed E-state index contributed by atoms with van der Waals surface area (Å²) < 4.78 is 5.92. The lowest BCUT2D eigenvalue weighted by atomic mass is 9.93. The number of H-pyrrole nitrogens is 1. The zero-order chi connectivity index (χ0) is 16.4.